The summed E-state index contributed by atoms with van der Waals surface area (Å²) < 4.78 is 5.63. The fraction of sp³-hybridized carbons (Fsp3) is 0.444. The maximum atomic E-state index is 13.3. The van der Waals surface area contributed by atoms with Gasteiger partial charge in [0.05, 0.1) is 0 Å². The molecule has 1 fully saturated rings. The standard InChI is InChI=1S/C27H32N2O5/c1-27(2,3)29(15-24(30)31)25(32)23(14-17-12-13-17)28-26(33)34-16-22-20-10-6-4-8-18(20)19-9-5-7-11-21(19)22/h4-11,17,22-23H,12-16H2,1-3H3,(H,28,33)(H,30,31)/t23-/m0/s1. The fourth-order valence-electron chi connectivity index (χ4n) is 4.66. The minimum atomic E-state index is -1.09. The predicted molar refractivity (Wildman–Crippen MR) is 128 cm³/mol. The number of nitrogens with one attached hydrogen (secondary N) is 1. The molecule has 180 valence electrons. The Morgan fingerprint density at radius 2 is 1.59 bits per heavy atom. The van der Waals surface area contributed by atoms with E-state index in [-0.39, 0.29) is 12.5 Å². The highest BCUT2D eigenvalue weighted by Crippen LogP contribution is 2.44. The maximum absolute atomic E-state index is 13.3. The minimum Gasteiger partial charge on any atom is -0.480 e. The highest BCUT2D eigenvalue weighted by Gasteiger charge is 2.38. The quantitative estimate of drug-likeness (QED) is 0.604. The molecule has 2 aliphatic carbocycles. The summed E-state index contributed by atoms with van der Waals surface area (Å²) in [7, 11) is 0. The van der Waals surface area contributed by atoms with Crippen molar-refractivity contribution < 1.29 is 24.2 Å². The van der Waals surface area contributed by atoms with Gasteiger partial charge in [-0.2, -0.15) is 0 Å². The molecular weight excluding hydrogens is 432 g/mol. The molecule has 4 rings (SSSR count). The Morgan fingerprint density at radius 1 is 1.03 bits per heavy atom. The van der Waals surface area contributed by atoms with E-state index in [4.69, 9.17) is 4.74 Å². The van der Waals surface area contributed by atoms with Crippen LogP contribution in [0.5, 0.6) is 0 Å². The molecule has 0 bridgehead atoms. The van der Waals surface area contributed by atoms with Crippen LogP contribution in [0, 0.1) is 5.92 Å². The summed E-state index contributed by atoms with van der Waals surface area (Å²) in [4.78, 5) is 38.8. The Morgan fingerprint density at radius 3 is 2.09 bits per heavy atom. The number of carbonyl (C=O) groups excluding carboxylic acids is 2. The molecule has 1 atom stereocenters. The zero-order valence-corrected chi connectivity index (χ0v) is 19.9. The summed E-state index contributed by atoms with van der Waals surface area (Å²) in [5, 5.41) is 12.1. The number of hydrogen-bond acceptors (Lipinski definition) is 4. The molecule has 2 N–H and O–H groups in total. The molecule has 0 heterocycles. The normalized spacial score (nSPS) is 15.7. The third-order valence-corrected chi connectivity index (χ3v) is 6.57. The van der Waals surface area contributed by atoms with Gasteiger partial charge in [0.1, 0.15) is 19.2 Å². The van der Waals surface area contributed by atoms with Gasteiger partial charge < -0.3 is 20.1 Å². The molecule has 2 aliphatic rings. The molecule has 7 nitrogen and oxygen atoms in total. The van der Waals surface area contributed by atoms with Gasteiger partial charge in [-0.25, -0.2) is 4.79 Å². The molecule has 2 aromatic carbocycles. The van der Waals surface area contributed by atoms with Crippen LogP contribution in [0.3, 0.4) is 0 Å². The summed E-state index contributed by atoms with van der Waals surface area (Å²) in [5.74, 6) is -1.20. The van der Waals surface area contributed by atoms with Crippen molar-refractivity contribution in [3.05, 3.63) is 59.7 Å². The molecule has 0 aliphatic heterocycles. The molecule has 1 saturated carbocycles. The molecule has 0 radical (unpaired) electrons. The van der Waals surface area contributed by atoms with Crippen molar-refractivity contribution in [3.63, 3.8) is 0 Å². The third kappa shape index (κ3) is 5.24. The van der Waals surface area contributed by atoms with E-state index >= 15 is 0 Å². The smallest absolute Gasteiger partial charge is 0.407 e. The van der Waals surface area contributed by atoms with Gasteiger partial charge in [-0.1, -0.05) is 61.4 Å². The number of rotatable bonds is 8. The Hall–Kier alpha value is -3.35. The first-order valence-corrected chi connectivity index (χ1v) is 11.8. The van der Waals surface area contributed by atoms with Crippen molar-refractivity contribution in [1.82, 2.24) is 10.2 Å². The van der Waals surface area contributed by atoms with Crippen molar-refractivity contribution in [2.75, 3.05) is 13.2 Å². The topological polar surface area (TPSA) is 95.9 Å². The lowest BCUT2D eigenvalue weighted by Crippen LogP contribution is -2.56. The Balaban J connectivity index is 1.46. The lowest BCUT2D eigenvalue weighted by molar-refractivity contribution is -0.149. The average Bonchev–Trinajstić information content (AvgIpc) is 3.55. The van der Waals surface area contributed by atoms with Crippen LogP contribution in [0.15, 0.2) is 48.5 Å². The van der Waals surface area contributed by atoms with Crippen LogP contribution in [0.25, 0.3) is 11.1 Å². The molecule has 0 unspecified atom stereocenters. The number of ether oxygens (including phenoxy) is 1. The van der Waals surface area contributed by atoms with Gasteiger partial charge in [0.2, 0.25) is 5.91 Å². The number of alkyl carbamates (subject to hydrolysis) is 1. The second kappa shape index (κ2) is 9.49. The summed E-state index contributed by atoms with van der Waals surface area (Å²) >= 11 is 0. The predicted octanol–water partition coefficient (Wildman–Crippen LogP) is 4.41. The lowest BCUT2D eigenvalue weighted by atomic mass is 9.98. The number of carboxylic acids is 1. The Labute approximate surface area is 200 Å². The van der Waals surface area contributed by atoms with Crippen LogP contribution in [-0.2, 0) is 14.3 Å². The number of carboxylic acid groups (broad SMARTS) is 1. The van der Waals surface area contributed by atoms with E-state index < -0.39 is 36.1 Å². The molecule has 2 amide bonds. The molecule has 0 aromatic heterocycles. The lowest BCUT2D eigenvalue weighted by Gasteiger charge is -2.37. The first-order valence-electron chi connectivity index (χ1n) is 11.8. The van der Waals surface area contributed by atoms with Crippen molar-refractivity contribution >= 4 is 18.0 Å². The summed E-state index contributed by atoms with van der Waals surface area (Å²) in [6.07, 6.45) is 1.83. The van der Waals surface area contributed by atoms with E-state index in [1.165, 1.54) is 4.90 Å². The molecule has 2 aromatic rings. The van der Waals surface area contributed by atoms with Crippen LogP contribution in [-0.4, -0.2) is 52.7 Å². The summed E-state index contributed by atoms with van der Waals surface area (Å²) in [6.45, 7) is 5.10. The number of amides is 2. The van der Waals surface area contributed by atoms with E-state index in [9.17, 15) is 19.5 Å². The van der Waals surface area contributed by atoms with Crippen molar-refractivity contribution in [3.8, 4) is 11.1 Å². The van der Waals surface area contributed by atoms with Crippen LogP contribution < -0.4 is 5.32 Å². The number of carbonyl (C=O) groups is 3. The van der Waals surface area contributed by atoms with E-state index in [1.807, 2.05) is 36.4 Å². The number of hydrogen-bond donors (Lipinski definition) is 2. The monoisotopic (exact) mass is 464 g/mol. The van der Waals surface area contributed by atoms with Crippen molar-refractivity contribution in [2.24, 2.45) is 5.92 Å². The summed E-state index contributed by atoms with van der Waals surface area (Å²) in [6, 6.07) is 15.4. The second-order valence-electron chi connectivity index (χ2n) is 10.2. The van der Waals surface area contributed by atoms with Gasteiger partial charge in [-0.05, 0) is 55.4 Å². The Kier molecular flexibility index (Phi) is 6.64. The van der Waals surface area contributed by atoms with Gasteiger partial charge in [-0.3, -0.25) is 9.59 Å². The van der Waals surface area contributed by atoms with Gasteiger partial charge in [0.15, 0.2) is 0 Å². The van der Waals surface area contributed by atoms with Gasteiger partial charge in [0.25, 0.3) is 0 Å². The molecule has 7 heteroatoms. The summed E-state index contributed by atoms with van der Waals surface area (Å²) in [5.41, 5.74) is 3.82. The van der Waals surface area contributed by atoms with Crippen molar-refractivity contribution in [2.45, 2.75) is 57.5 Å². The van der Waals surface area contributed by atoms with Crippen LogP contribution in [0.4, 0.5) is 4.79 Å². The Bertz CT molecular complexity index is 1040. The number of fused-ring (bicyclic) bond motifs is 3. The van der Waals surface area contributed by atoms with Crippen molar-refractivity contribution in [1.29, 1.82) is 0 Å². The SMILES string of the molecule is CC(C)(C)N(CC(=O)O)C(=O)[C@H](CC1CC1)NC(=O)OCC1c2ccccc2-c2ccccc21. The average molecular weight is 465 g/mol. The highest BCUT2D eigenvalue weighted by atomic mass is 16.5. The van der Waals surface area contributed by atoms with Gasteiger partial charge in [0, 0.05) is 11.5 Å². The first kappa shape index (κ1) is 23.8. The van der Waals surface area contributed by atoms with Gasteiger partial charge >= 0.3 is 12.1 Å². The first-order chi connectivity index (χ1) is 16.1. The number of benzene rings is 2. The maximum Gasteiger partial charge on any atom is 0.407 e. The molecular formula is C27H32N2O5. The third-order valence-electron chi connectivity index (χ3n) is 6.57. The number of nitrogens with zero attached hydrogens (tertiary/aromatic N) is 1. The minimum absolute atomic E-state index is 0.0752. The zero-order chi connectivity index (χ0) is 24.5. The fourth-order valence-corrected chi connectivity index (χ4v) is 4.66. The van der Waals surface area contributed by atoms with Crippen LogP contribution in [0.2, 0.25) is 0 Å². The van der Waals surface area contributed by atoms with E-state index in [1.54, 1.807) is 20.8 Å². The van der Waals surface area contributed by atoms with Crippen LogP contribution >= 0.6 is 0 Å². The highest BCUT2D eigenvalue weighted by molar-refractivity contribution is 5.88. The molecule has 34 heavy (non-hydrogen) atoms. The van der Waals surface area contributed by atoms with E-state index in [2.05, 4.69) is 17.4 Å². The van der Waals surface area contributed by atoms with Gasteiger partial charge in [-0.15, -0.1) is 0 Å². The molecule has 0 spiro atoms. The van der Waals surface area contributed by atoms with E-state index in [0.29, 0.717) is 12.3 Å². The molecule has 0 saturated heterocycles. The van der Waals surface area contributed by atoms with E-state index in [0.717, 1.165) is 35.1 Å². The largest absolute Gasteiger partial charge is 0.480 e. The zero-order valence-electron chi connectivity index (χ0n) is 19.9. The van der Waals surface area contributed by atoms with Crippen LogP contribution in [0.1, 0.15) is 57.1 Å². The number of aliphatic carboxylic acids is 1. The second-order valence-corrected chi connectivity index (χ2v) is 10.2.